The number of rotatable bonds is 6. The SMILES string of the molecule is CC(CCC(=O)O)NC1CC1NC(=O)OC(C)(C)C. The predicted octanol–water partition coefficient (Wildman–Crippen LogP) is 1.49. The van der Waals surface area contributed by atoms with E-state index in [1.54, 1.807) is 0 Å². The third kappa shape index (κ3) is 7.00. The molecular formula is C13H24N2O4. The Morgan fingerprint density at radius 1 is 1.37 bits per heavy atom. The molecule has 1 aliphatic carbocycles. The van der Waals surface area contributed by atoms with Crippen LogP contribution in [-0.2, 0) is 9.53 Å². The highest BCUT2D eigenvalue weighted by atomic mass is 16.6. The van der Waals surface area contributed by atoms with E-state index in [1.807, 2.05) is 27.7 Å². The summed E-state index contributed by atoms with van der Waals surface area (Å²) in [5, 5.41) is 14.7. The predicted molar refractivity (Wildman–Crippen MR) is 71.0 cm³/mol. The molecule has 1 saturated carbocycles. The van der Waals surface area contributed by atoms with Gasteiger partial charge >= 0.3 is 12.1 Å². The van der Waals surface area contributed by atoms with E-state index in [-0.39, 0.29) is 24.5 Å². The van der Waals surface area contributed by atoms with E-state index in [9.17, 15) is 9.59 Å². The lowest BCUT2D eigenvalue weighted by Gasteiger charge is -2.20. The van der Waals surface area contributed by atoms with Crippen molar-refractivity contribution in [1.82, 2.24) is 10.6 Å². The monoisotopic (exact) mass is 272 g/mol. The summed E-state index contributed by atoms with van der Waals surface area (Å²) in [6.07, 6.45) is 1.20. The van der Waals surface area contributed by atoms with Gasteiger partial charge in [-0.05, 0) is 40.5 Å². The van der Waals surface area contributed by atoms with E-state index < -0.39 is 17.7 Å². The first-order chi connectivity index (χ1) is 8.67. The summed E-state index contributed by atoms with van der Waals surface area (Å²) in [4.78, 5) is 22.0. The van der Waals surface area contributed by atoms with Gasteiger partial charge in [0, 0.05) is 24.5 Å². The Hall–Kier alpha value is -1.30. The number of ether oxygens (including phenoxy) is 1. The molecule has 1 amide bonds. The summed E-state index contributed by atoms with van der Waals surface area (Å²) < 4.78 is 5.17. The van der Waals surface area contributed by atoms with Crippen molar-refractivity contribution >= 4 is 12.1 Å². The van der Waals surface area contributed by atoms with Crippen molar-refractivity contribution in [2.45, 2.75) is 70.7 Å². The number of carboxylic acids is 1. The van der Waals surface area contributed by atoms with E-state index in [4.69, 9.17) is 9.84 Å². The van der Waals surface area contributed by atoms with Gasteiger partial charge in [0.15, 0.2) is 0 Å². The summed E-state index contributed by atoms with van der Waals surface area (Å²) in [6, 6.07) is 0.435. The van der Waals surface area contributed by atoms with Crippen molar-refractivity contribution in [3.05, 3.63) is 0 Å². The lowest BCUT2D eigenvalue weighted by molar-refractivity contribution is -0.137. The number of carbonyl (C=O) groups is 2. The molecule has 0 aliphatic heterocycles. The third-order valence-electron chi connectivity index (χ3n) is 2.78. The molecule has 1 rings (SSSR count). The smallest absolute Gasteiger partial charge is 0.407 e. The molecule has 6 heteroatoms. The number of hydrogen-bond acceptors (Lipinski definition) is 4. The molecule has 6 nitrogen and oxygen atoms in total. The molecule has 0 bridgehead atoms. The van der Waals surface area contributed by atoms with Gasteiger partial charge in [-0.3, -0.25) is 4.79 Å². The second-order valence-corrected chi connectivity index (χ2v) is 6.10. The number of amides is 1. The number of carbonyl (C=O) groups excluding carboxylic acids is 1. The number of alkyl carbamates (subject to hydrolysis) is 1. The summed E-state index contributed by atoms with van der Waals surface area (Å²) in [7, 11) is 0. The fourth-order valence-electron chi connectivity index (χ4n) is 1.79. The first-order valence-corrected chi connectivity index (χ1v) is 6.65. The van der Waals surface area contributed by atoms with Crippen molar-refractivity contribution < 1.29 is 19.4 Å². The van der Waals surface area contributed by atoms with Gasteiger partial charge < -0.3 is 20.5 Å². The lowest BCUT2D eigenvalue weighted by atomic mass is 10.2. The Bertz CT molecular complexity index is 338. The zero-order valence-corrected chi connectivity index (χ0v) is 12.0. The van der Waals surface area contributed by atoms with Gasteiger partial charge in [0.05, 0.1) is 0 Å². The van der Waals surface area contributed by atoms with Crippen LogP contribution in [0.2, 0.25) is 0 Å². The summed E-state index contributed by atoms with van der Waals surface area (Å²) >= 11 is 0. The maximum atomic E-state index is 11.5. The molecule has 3 unspecified atom stereocenters. The van der Waals surface area contributed by atoms with Gasteiger partial charge in [-0.15, -0.1) is 0 Å². The van der Waals surface area contributed by atoms with Gasteiger partial charge in [0.2, 0.25) is 0 Å². The van der Waals surface area contributed by atoms with Gasteiger partial charge in [-0.25, -0.2) is 4.79 Å². The molecule has 0 spiro atoms. The molecule has 3 N–H and O–H groups in total. The molecule has 19 heavy (non-hydrogen) atoms. The molecule has 0 saturated heterocycles. The van der Waals surface area contributed by atoms with Crippen molar-refractivity contribution in [2.24, 2.45) is 0 Å². The fraction of sp³-hybridized carbons (Fsp3) is 0.846. The van der Waals surface area contributed by atoms with E-state index >= 15 is 0 Å². The maximum Gasteiger partial charge on any atom is 0.407 e. The Morgan fingerprint density at radius 3 is 2.53 bits per heavy atom. The molecular weight excluding hydrogens is 248 g/mol. The van der Waals surface area contributed by atoms with Crippen LogP contribution in [0, 0.1) is 0 Å². The standard InChI is InChI=1S/C13H24N2O4/c1-8(5-6-11(16)17)14-9-7-10(9)15-12(18)19-13(2,3)4/h8-10,14H,5-7H2,1-4H3,(H,15,18)(H,16,17). The zero-order chi connectivity index (χ0) is 14.6. The zero-order valence-electron chi connectivity index (χ0n) is 12.0. The molecule has 0 aromatic heterocycles. The van der Waals surface area contributed by atoms with Crippen molar-refractivity contribution in [3.8, 4) is 0 Å². The summed E-state index contributed by atoms with van der Waals surface area (Å²) in [5.41, 5.74) is -0.489. The van der Waals surface area contributed by atoms with Crippen LogP contribution in [-0.4, -0.2) is 40.9 Å². The number of aliphatic carboxylic acids is 1. The van der Waals surface area contributed by atoms with Gasteiger partial charge in [0.1, 0.15) is 5.60 Å². The topological polar surface area (TPSA) is 87.7 Å². The quantitative estimate of drug-likeness (QED) is 0.682. The summed E-state index contributed by atoms with van der Waals surface area (Å²) in [5.74, 6) is -0.784. The number of carboxylic acid groups (broad SMARTS) is 1. The van der Waals surface area contributed by atoms with E-state index in [0.29, 0.717) is 6.42 Å². The minimum atomic E-state index is -0.784. The molecule has 0 aromatic rings. The van der Waals surface area contributed by atoms with Crippen LogP contribution in [0.4, 0.5) is 4.79 Å². The Balaban J connectivity index is 2.17. The molecule has 1 fully saturated rings. The molecule has 110 valence electrons. The average molecular weight is 272 g/mol. The van der Waals surface area contributed by atoms with Crippen molar-refractivity contribution in [3.63, 3.8) is 0 Å². The number of nitrogens with one attached hydrogen (secondary N) is 2. The highest BCUT2D eigenvalue weighted by Gasteiger charge is 2.39. The highest BCUT2D eigenvalue weighted by Crippen LogP contribution is 2.23. The van der Waals surface area contributed by atoms with E-state index in [1.165, 1.54) is 0 Å². The van der Waals surface area contributed by atoms with Crippen molar-refractivity contribution in [1.29, 1.82) is 0 Å². The lowest BCUT2D eigenvalue weighted by Crippen LogP contribution is -2.38. The second kappa shape index (κ2) is 6.23. The van der Waals surface area contributed by atoms with Gasteiger partial charge in [-0.2, -0.15) is 0 Å². The third-order valence-corrected chi connectivity index (χ3v) is 2.78. The van der Waals surface area contributed by atoms with E-state index in [0.717, 1.165) is 6.42 Å². The first kappa shape index (κ1) is 15.8. The normalized spacial score (nSPS) is 23.6. The van der Waals surface area contributed by atoms with Gasteiger partial charge in [-0.1, -0.05) is 0 Å². The molecule has 0 heterocycles. The van der Waals surface area contributed by atoms with Crippen LogP contribution in [0.1, 0.15) is 47.0 Å². The Labute approximate surface area is 113 Å². The Kier molecular flexibility index (Phi) is 5.17. The minimum absolute atomic E-state index is 0.0853. The first-order valence-electron chi connectivity index (χ1n) is 6.65. The highest BCUT2D eigenvalue weighted by molar-refractivity contribution is 5.68. The molecule has 0 aromatic carbocycles. The largest absolute Gasteiger partial charge is 0.481 e. The second-order valence-electron chi connectivity index (χ2n) is 6.10. The van der Waals surface area contributed by atoms with E-state index in [2.05, 4.69) is 10.6 Å². The average Bonchev–Trinajstić information content (AvgIpc) is 2.90. The van der Waals surface area contributed by atoms with Crippen LogP contribution in [0.25, 0.3) is 0 Å². The maximum absolute atomic E-state index is 11.5. The molecule has 1 aliphatic rings. The molecule has 0 radical (unpaired) electrons. The van der Waals surface area contributed by atoms with Gasteiger partial charge in [0.25, 0.3) is 0 Å². The van der Waals surface area contributed by atoms with Crippen LogP contribution in [0.3, 0.4) is 0 Å². The van der Waals surface area contributed by atoms with Crippen molar-refractivity contribution in [2.75, 3.05) is 0 Å². The fourth-order valence-corrected chi connectivity index (χ4v) is 1.79. The van der Waals surface area contributed by atoms with Crippen LogP contribution >= 0.6 is 0 Å². The minimum Gasteiger partial charge on any atom is -0.481 e. The van der Waals surface area contributed by atoms with Crippen LogP contribution in [0.5, 0.6) is 0 Å². The summed E-state index contributed by atoms with van der Waals surface area (Å²) in [6.45, 7) is 7.42. The molecule has 3 atom stereocenters. The van der Waals surface area contributed by atoms with Crippen LogP contribution < -0.4 is 10.6 Å². The van der Waals surface area contributed by atoms with Crippen LogP contribution in [0.15, 0.2) is 0 Å². The number of hydrogen-bond donors (Lipinski definition) is 3. The Morgan fingerprint density at radius 2 is 2.00 bits per heavy atom.